The number of nitrogens with zero attached hydrogens (tertiary/aromatic N) is 1. The Morgan fingerprint density at radius 3 is 2.75 bits per heavy atom. The van der Waals surface area contributed by atoms with Crippen LogP contribution >= 0.6 is 23.2 Å². The fourth-order valence-electron chi connectivity index (χ4n) is 1.73. The fraction of sp³-hybridized carbons (Fsp3) is 0.250. The van der Waals surface area contributed by atoms with Gasteiger partial charge < -0.3 is 4.98 Å². The second-order valence-electron chi connectivity index (χ2n) is 4.13. The maximum absolute atomic E-state index is 12.4. The molecule has 1 aromatic heterocycles. The summed E-state index contributed by atoms with van der Waals surface area (Å²) in [6.45, 7) is 1.86. The summed E-state index contributed by atoms with van der Waals surface area (Å²) in [6, 6.07) is 3.85. The summed E-state index contributed by atoms with van der Waals surface area (Å²) in [6.07, 6.45) is 3.75. The van der Waals surface area contributed by atoms with Crippen molar-refractivity contribution in [1.82, 2.24) is 14.7 Å². The monoisotopic (exact) mass is 333 g/mol. The van der Waals surface area contributed by atoms with Gasteiger partial charge in [0.2, 0.25) is 10.0 Å². The lowest BCUT2D eigenvalue weighted by Gasteiger charge is -2.15. The van der Waals surface area contributed by atoms with Crippen molar-refractivity contribution < 1.29 is 8.42 Å². The number of aromatic amines is 1. The number of imidazole rings is 1. The van der Waals surface area contributed by atoms with Gasteiger partial charge in [0.15, 0.2) is 0 Å². The molecule has 5 nitrogen and oxygen atoms in total. The second-order valence-corrected chi connectivity index (χ2v) is 6.66. The summed E-state index contributed by atoms with van der Waals surface area (Å²) < 4.78 is 27.3. The molecular formula is C12H13Cl2N3O2S. The number of rotatable bonds is 5. The van der Waals surface area contributed by atoms with Crippen LogP contribution in [0.3, 0.4) is 0 Å². The van der Waals surface area contributed by atoms with Crippen LogP contribution in [0.25, 0.3) is 0 Å². The van der Waals surface area contributed by atoms with Crippen LogP contribution in [-0.4, -0.2) is 18.4 Å². The molecule has 0 saturated heterocycles. The van der Waals surface area contributed by atoms with Crippen LogP contribution in [0, 0.1) is 0 Å². The van der Waals surface area contributed by atoms with Crippen LogP contribution < -0.4 is 4.72 Å². The first-order chi connectivity index (χ1) is 9.44. The van der Waals surface area contributed by atoms with Gasteiger partial charge in [-0.3, -0.25) is 0 Å². The maximum Gasteiger partial charge on any atom is 0.242 e. The molecule has 1 heterocycles. The summed E-state index contributed by atoms with van der Waals surface area (Å²) in [7, 11) is -3.78. The van der Waals surface area contributed by atoms with Crippen LogP contribution in [0.15, 0.2) is 35.5 Å². The molecule has 0 aliphatic carbocycles. The molecule has 0 spiro atoms. The SMILES string of the molecule is CCC(NS(=O)(=O)c1cc(Cl)ccc1Cl)c1ncc[nH]1. The molecule has 0 saturated carbocycles. The average Bonchev–Trinajstić information content (AvgIpc) is 2.92. The van der Waals surface area contributed by atoms with Gasteiger partial charge in [-0.15, -0.1) is 0 Å². The van der Waals surface area contributed by atoms with Gasteiger partial charge in [0, 0.05) is 17.4 Å². The lowest BCUT2D eigenvalue weighted by Crippen LogP contribution is -2.29. The summed E-state index contributed by atoms with van der Waals surface area (Å²) >= 11 is 11.8. The van der Waals surface area contributed by atoms with E-state index in [1.807, 2.05) is 6.92 Å². The Morgan fingerprint density at radius 1 is 1.40 bits per heavy atom. The van der Waals surface area contributed by atoms with E-state index in [0.717, 1.165) is 0 Å². The third-order valence-electron chi connectivity index (χ3n) is 2.74. The first-order valence-corrected chi connectivity index (χ1v) is 8.14. The van der Waals surface area contributed by atoms with E-state index >= 15 is 0 Å². The van der Waals surface area contributed by atoms with Gasteiger partial charge in [-0.05, 0) is 24.6 Å². The highest BCUT2D eigenvalue weighted by atomic mass is 35.5. The topological polar surface area (TPSA) is 74.8 Å². The van der Waals surface area contributed by atoms with Crippen molar-refractivity contribution in [3.63, 3.8) is 0 Å². The van der Waals surface area contributed by atoms with E-state index in [2.05, 4.69) is 14.7 Å². The van der Waals surface area contributed by atoms with Crippen molar-refractivity contribution >= 4 is 33.2 Å². The van der Waals surface area contributed by atoms with Crippen LogP contribution in [-0.2, 0) is 10.0 Å². The van der Waals surface area contributed by atoms with Crippen LogP contribution in [0.5, 0.6) is 0 Å². The molecule has 2 rings (SSSR count). The van der Waals surface area contributed by atoms with E-state index in [-0.39, 0.29) is 9.92 Å². The molecule has 108 valence electrons. The van der Waals surface area contributed by atoms with E-state index in [1.54, 1.807) is 12.4 Å². The normalized spacial score (nSPS) is 13.3. The van der Waals surface area contributed by atoms with Gasteiger partial charge in [0.25, 0.3) is 0 Å². The number of sulfonamides is 1. The molecular weight excluding hydrogens is 321 g/mol. The molecule has 0 amide bonds. The van der Waals surface area contributed by atoms with Crippen molar-refractivity contribution in [2.45, 2.75) is 24.3 Å². The highest BCUT2D eigenvalue weighted by Crippen LogP contribution is 2.26. The molecule has 0 bridgehead atoms. The zero-order chi connectivity index (χ0) is 14.8. The smallest absolute Gasteiger partial charge is 0.242 e. The molecule has 2 N–H and O–H groups in total. The predicted octanol–water partition coefficient (Wildman–Crippen LogP) is 3.15. The van der Waals surface area contributed by atoms with Crippen LogP contribution in [0.4, 0.5) is 0 Å². The van der Waals surface area contributed by atoms with E-state index in [4.69, 9.17) is 23.2 Å². The van der Waals surface area contributed by atoms with E-state index in [0.29, 0.717) is 17.3 Å². The highest BCUT2D eigenvalue weighted by Gasteiger charge is 2.24. The zero-order valence-corrected chi connectivity index (χ0v) is 12.9. The van der Waals surface area contributed by atoms with E-state index < -0.39 is 16.1 Å². The van der Waals surface area contributed by atoms with Crippen molar-refractivity contribution in [2.24, 2.45) is 0 Å². The highest BCUT2D eigenvalue weighted by molar-refractivity contribution is 7.89. The predicted molar refractivity (Wildman–Crippen MR) is 78.4 cm³/mol. The standard InChI is InChI=1S/C12H13Cl2N3O2S/c1-2-10(12-15-5-6-16-12)17-20(18,19)11-7-8(13)3-4-9(11)14/h3-7,10,17H,2H2,1H3,(H,15,16). The Hall–Kier alpha value is -1.08. The minimum atomic E-state index is -3.78. The van der Waals surface area contributed by atoms with Crippen molar-refractivity contribution in [2.75, 3.05) is 0 Å². The van der Waals surface area contributed by atoms with Crippen molar-refractivity contribution in [3.8, 4) is 0 Å². The Labute approximate surface area is 127 Å². The van der Waals surface area contributed by atoms with Gasteiger partial charge in [-0.25, -0.2) is 18.1 Å². The lowest BCUT2D eigenvalue weighted by atomic mass is 10.2. The Morgan fingerprint density at radius 2 is 2.15 bits per heavy atom. The number of hydrogen-bond acceptors (Lipinski definition) is 3. The number of nitrogens with one attached hydrogen (secondary N) is 2. The third kappa shape index (κ3) is 3.32. The third-order valence-corrected chi connectivity index (χ3v) is 4.93. The first kappa shape index (κ1) is 15.3. The van der Waals surface area contributed by atoms with Gasteiger partial charge in [0.05, 0.1) is 11.1 Å². The molecule has 0 fully saturated rings. The van der Waals surface area contributed by atoms with Gasteiger partial charge >= 0.3 is 0 Å². The summed E-state index contributed by atoms with van der Waals surface area (Å²) in [5.74, 6) is 0.550. The minimum absolute atomic E-state index is 0.0447. The molecule has 0 aliphatic heterocycles. The van der Waals surface area contributed by atoms with Crippen LogP contribution in [0.2, 0.25) is 10.0 Å². The minimum Gasteiger partial charge on any atom is -0.347 e. The number of hydrogen-bond donors (Lipinski definition) is 2. The summed E-state index contributed by atoms with van der Waals surface area (Å²) in [4.78, 5) is 6.91. The second kappa shape index (κ2) is 6.13. The molecule has 8 heteroatoms. The molecule has 20 heavy (non-hydrogen) atoms. The Kier molecular flexibility index (Phi) is 4.70. The Balaban J connectivity index is 2.33. The largest absolute Gasteiger partial charge is 0.347 e. The van der Waals surface area contributed by atoms with Gasteiger partial charge in [0.1, 0.15) is 10.7 Å². The average molecular weight is 334 g/mol. The Bertz CT molecular complexity index is 687. The fourth-order valence-corrected chi connectivity index (χ4v) is 3.78. The van der Waals surface area contributed by atoms with E-state index in [1.165, 1.54) is 18.2 Å². The molecule has 2 aromatic rings. The zero-order valence-electron chi connectivity index (χ0n) is 10.6. The number of H-pyrrole nitrogens is 1. The summed E-state index contributed by atoms with van der Waals surface area (Å²) in [5.41, 5.74) is 0. The molecule has 0 aliphatic rings. The molecule has 1 aromatic carbocycles. The van der Waals surface area contributed by atoms with Crippen molar-refractivity contribution in [1.29, 1.82) is 0 Å². The molecule has 0 radical (unpaired) electrons. The van der Waals surface area contributed by atoms with Gasteiger partial charge in [-0.2, -0.15) is 0 Å². The van der Waals surface area contributed by atoms with Crippen molar-refractivity contribution in [3.05, 3.63) is 46.5 Å². The first-order valence-electron chi connectivity index (χ1n) is 5.90. The quantitative estimate of drug-likeness (QED) is 0.882. The maximum atomic E-state index is 12.4. The van der Waals surface area contributed by atoms with Crippen LogP contribution in [0.1, 0.15) is 25.2 Å². The number of benzene rings is 1. The molecule has 1 unspecified atom stereocenters. The summed E-state index contributed by atoms with van der Waals surface area (Å²) in [5, 5.41) is 0.428. The van der Waals surface area contributed by atoms with Gasteiger partial charge in [-0.1, -0.05) is 30.1 Å². The molecule has 1 atom stereocenters. The number of aromatic nitrogens is 2. The van der Waals surface area contributed by atoms with E-state index in [9.17, 15) is 8.42 Å². The lowest BCUT2D eigenvalue weighted by molar-refractivity contribution is 0.539. The number of halogens is 2.